The third-order valence-electron chi connectivity index (χ3n) is 15.2. The molecule has 0 radical (unpaired) electrons. The summed E-state index contributed by atoms with van der Waals surface area (Å²) >= 11 is 1.15. The number of Topliss-reactive ketones (excluding diaryl/α,β-unsaturated/α-hetero) is 1. The Morgan fingerprint density at radius 3 is 2.30 bits per heavy atom. The first-order chi connectivity index (χ1) is 36.6. The van der Waals surface area contributed by atoms with Gasteiger partial charge in [-0.1, -0.05) is 73.1 Å². The molecule has 0 aliphatic carbocycles. The van der Waals surface area contributed by atoms with Crippen molar-refractivity contribution < 1.29 is 48.2 Å². The summed E-state index contributed by atoms with van der Waals surface area (Å²) in [4.78, 5) is 116. The SMILES string of the molecule is C=C1C=CC(=O)N1CCCCCC(=O)N[C@@H](CCCCN)C(=O)Nc1ccc(C[C@@H](C[C@H](C)C(=O)O)NC(=O)c2csc([C@@H](C[C@H](C(C)C)N(CC)C(=O)[C@@H](CC(=O)[C@H]3C[C@H](C)CCN3C)[C@@H](C)CC)OC(C)=O)n2)cc1. The molecule has 0 saturated carbocycles. The lowest BCUT2D eigenvalue weighted by Crippen LogP contribution is -2.50. The van der Waals surface area contributed by atoms with Gasteiger partial charge in [0.25, 0.3) is 11.8 Å². The maximum absolute atomic E-state index is 14.7. The quantitative estimate of drug-likeness (QED) is 0.0338. The average Bonchev–Trinajstić information content (AvgIpc) is 4.01. The molecule has 9 atom stereocenters. The fourth-order valence-electron chi connectivity index (χ4n) is 10.2. The topological polar surface area (TPSA) is 251 Å². The number of unbranched alkanes of at least 4 members (excludes halogenated alkanes) is 3. The van der Waals surface area contributed by atoms with Gasteiger partial charge >= 0.3 is 11.9 Å². The fraction of sp³-hybridized carbons (Fsp3) is 0.638. The number of carboxylic acids is 1. The first-order valence-electron chi connectivity index (χ1n) is 27.8. The third-order valence-corrected chi connectivity index (χ3v) is 16.1. The Balaban J connectivity index is 1.44. The molecule has 3 heterocycles. The van der Waals surface area contributed by atoms with Crippen molar-refractivity contribution >= 4 is 64.3 Å². The highest BCUT2D eigenvalue weighted by atomic mass is 32.1. The smallest absolute Gasteiger partial charge is 0.306 e. The number of anilines is 1. The molecule has 0 unspecified atom stereocenters. The van der Waals surface area contributed by atoms with Gasteiger partial charge < -0.3 is 41.3 Å². The summed E-state index contributed by atoms with van der Waals surface area (Å²) in [5, 5.41) is 20.6. The number of allylic oxidation sites excluding steroid dienone is 1. The van der Waals surface area contributed by atoms with E-state index < -0.39 is 53.9 Å². The van der Waals surface area contributed by atoms with E-state index in [0.29, 0.717) is 74.0 Å². The van der Waals surface area contributed by atoms with Crippen LogP contribution in [0, 0.1) is 29.6 Å². The summed E-state index contributed by atoms with van der Waals surface area (Å²) in [6.07, 6.45) is 9.44. The molecule has 4 rings (SSSR count). The molecule has 426 valence electrons. The number of hydrogen-bond acceptors (Lipinski definition) is 13. The molecule has 77 heavy (non-hydrogen) atoms. The number of amides is 5. The Morgan fingerprint density at radius 2 is 1.69 bits per heavy atom. The van der Waals surface area contributed by atoms with Crippen LogP contribution in [0.5, 0.6) is 0 Å². The van der Waals surface area contributed by atoms with E-state index in [1.165, 1.54) is 13.0 Å². The number of carbonyl (C=O) groups is 8. The molecule has 18 nitrogen and oxygen atoms in total. The van der Waals surface area contributed by atoms with E-state index in [9.17, 15) is 43.5 Å². The number of aromatic nitrogens is 1. The molecule has 19 heteroatoms. The first kappa shape index (κ1) is 63.7. The van der Waals surface area contributed by atoms with E-state index in [0.717, 1.165) is 49.1 Å². The Kier molecular flexibility index (Phi) is 26.1. The van der Waals surface area contributed by atoms with Crippen molar-refractivity contribution in [3.63, 3.8) is 0 Å². The number of carbonyl (C=O) groups excluding carboxylic acids is 7. The average molecular weight is 1090 g/mol. The standard InChI is InChI=1S/C58H88N8O10S/c1-11-38(6)45(33-50(68)49-30-37(5)26-29-64(49)10)57(73)65(12-2)48(36(3)4)34-51(76-41(9)67)56-63-47(35-77-56)55(72)61-44(31-39(7)58(74)75)32-42-21-23-43(24-22-42)60-54(71)46(18-15-16-27-59)62-52(69)19-14-13-17-28-66-40(8)20-25-53(66)70/h20-25,35-39,44-46,48-49,51H,8,11-19,26-34,59H2,1-7,9-10H3,(H,60,71)(H,61,72)(H,62,69)(H,74,75)/t37-,38+,39+,44-,45+,46+,48-,49-,51-/m1/s1. The lowest BCUT2D eigenvalue weighted by molar-refractivity contribution is -0.150. The molecule has 2 aromatic rings. The number of aliphatic carboxylic acids is 1. The number of thiazole rings is 1. The van der Waals surface area contributed by atoms with Crippen LogP contribution in [0.4, 0.5) is 5.69 Å². The number of piperidine rings is 1. The van der Waals surface area contributed by atoms with Crippen molar-refractivity contribution in [1.82, 2.24) is 30.3 Å². The van der Waals surface area contributed by atoms with Gasteiger partial charge in [-0.15, -0.1) is 11.3 Å². The normalized spacial score (nSPS) is 18.5. The minimum atomic E-state index is -1.02. The van der Waals surface area contributed by atoms with Gasteiger partial charge in [-0.2, -0.15) is 0 Å². The van der Waals surface area contributed by atoms with Crippen LogP contribution < -0.4 is 21.7 Å². The van der Waals surface area contributed by atoms with Crippen molar-refractivity contribution in [3.05, 3.63) is 70.3 Å². The molecule has 1 saturated heterocycles. The Morgan fingerprint density at radius 1 is 0.974 bits per heavy atom. The molecule has 5 amide bonds. The van der Waals surface area contributed by atoms with E-state index in [2.05, 4.69) is 39.3 Å². The molecule has 1 aromatic heterocycles. The fourth-order valence-corrected chi connectivity index (χ4v) is 11.1. The summed E-state index contributed by atoms with van der Waals surface area (Å²) in [7, 11) is 1.98. The molecule has 0 spiro atoms. The Labute approximate surface area is 460 Å². The lowest BCUT2D eigenvalue weighted by Gasteiger charge is -2.39. The van der Waals surface area contributed by atoms with Gasteiger partial charge in [0.1, 0.15) is 16.7 Å². The minimum absolute atomic E-state index is 0.0521. The van der Waals surface area contributed by atoms with Crippen LogP contribution in [0.1, 0.15) is 166 Å². The second kappa shape index (κ2) is 31.6. The second-order valence-corrected chi connectivity index (χ2v) is 22.6. The van der Waals surface area contributed by atoms with Gasteiger partial charge in [0.2, 0.25) is 17.7 Å². The van der Waals surface area contributed by atoms with E-state index >= 15 is 0 Å². The van der Waals surface area contributed by atoms with E-state index in [1.807, 2.05) is 46.6 Å². The van der Waals surface area contributed by atoms with E-state index in [4.69, 9.17) is 10.5 Å². The highest BCUT2D eigenvalue weighted by molar-refractivity contribution is 7.09. The molecule has 6 N–H and O–H groups in total. The van der Waals surface area contributed by atoms with Gasteiger partial charge in [-0.3, -0.25) is 43.3 Å². The largest absolute Gasteiger partial charge is 0.481 e. The predicted octanol–water partition coefficient (Wildman–Crippen LogP) is 7.84. The van der Waals surface area contributed by atoms with Gasteiger partial charge in [-0.05, 0) is 126 Å². The number of likely N-dealkylation sites (tertiary alicyclic amines) is 1. The summed E-state index contributed by atoms with van der Waals surface area (Å²) in [5.41, 5.74) is 7.68. The molecular formula is C58H88N8O10S. The summed E-state index contributed by atoms with van der Waals surface area (Å²) in [6.45, 7) is 21.1. The number of ketones is 1. The summed E-state index contributed by atoms with van der Waals surface area (Å²) < 4.78 is 5.90. The van der Waals surface area contributed by atoms with E-state index in [-0.39, 0.29) is 85.1 Å². The van der Waals surface area contributed by atoms with Crippen LogP contribution >= 0.6 is 11.3 Å². The zero-order valence-electron chi connectivity index (χ0n) is 47.1. The molecular weight excluding hydrogens is 1000 g/mol. The van der Waals surface area contributed by atoms with Crippen LogP contribution in [0.3, 0.4) is 0 Å². The number of benzene rings is 1. The number of hydrogen-bond donors (Lipinski definition) is 5. The predicted molar refractivity (Wildman–Crippen MR) is 299 cm³/mol. The zero-order chi connectivity index (χ0) is 56.9. The summed E-state index contributed by atoms with van der Waals surface area (Å²) in [5.74, 6) is -3.92. The van der Waals surface area contributed by atoms with Crippen molar-refractivity contribution in [2.75, 3.05) is 38.5 Å². The van der Waals surface area contributed by atoms with Crippen molar-refractivity contribution in [3.8, 4) is 0 Å². The van der Waals surface area contributed by atoms with Gasteiger partial charge in [0, 0.05) is 80.1 Å². The minimum Gasteiger partial charge on any atom is -0.481 e. The number of nitrogens with one attached hydrogen (secondary N) is 3. The highest BCUT2D eigenvalue weighted by Gasteiger charge is 2.39. The molecule has 2 aliphatic heterocycles. The number of nitrogens with zero attached hydrogens (tertiary/aromatic N) is 4. The van der Waals surface area contributed by atoms with Crippen LogP contribution in [0.15, 0.2) is 54.1 Å². The maximum Gasteiger partial charge on any atom is 0.306 e. The van der Waals surface area contributed by atoms with Crippen LogP contribution in [0.2, 0.25) is 0 Å². The number of rotatable bonds is 33. The number of ether oxygens (including phenoxy) is 1. The van der Waals surface area contributed by atoms with Gasteiger partial charge in [0.05, 0.1) is 12.0 Å². The van der Waals surface area contributed by atoms with Crippen LogP contribution in [-0.2, 0) is 44.7 Å². The Bertz CT molecular complexity index is 2340. The van der Waals surface area contributed by atoms with E-state index in [1.54, 1.807) is 47.5 Å². The second-order valence-electron chi connectivity index (χ2n) is 21.7. The number of nitrogens with two attached hydrogens (primary N) is 1. The highest BCUT2D eigenvalue weighted by Crippen LogP contribution is 2.34. The van der Waals surface area contributed by atoms with Crippen LogP contribution in [0.25, 0.3) is 0 Å². The number of carboxylic acid groups (broad SMARTS) is 1. The molecule has 2 aliphatic rings. The maximum atomic E-state index is 14.7. The van der Waals surface area contributed by atoms with Crippen molar-refractivity contribution in [2.24, 2.45) is 35.3 Å². The Hall–Kier alpha value is -5.79. The van der Waals surface area contributed by atoms with Crippen LogP contribution in [-0.4, -0.2) is 129 Å². The molecule has 1 fully saturated rings. The van der Waals surface area contributed by atoms with Gasteiger partial charge in [-0.25, -0.2) is 4.98 Å². The van der Waals surface area contributed by atoms with Crippen molar-refractivity contribution in [1.29, 1.82) is 0 Å². The number of likely N-dealkylation sites (N-methyl/N-ethyl adjacent to an activating group) is 1. The summed E-state index contributed by atoms with van der Waals surface area (Å²) in [6, 6.07) is 4.90. The molecule has 1 aromatic carbocycles. The monoisotopic (exact) mass is 1090 g/mol. The zero-order valence-corrected chi connectivity index (χ0v) is 48.0. The third kappa shape index (κ3) is 19.9. The van der Waals surface area contributed by atoms with Gasteiger partial charge in [0.15, 0.2) is 11.9 Å². The van der Waals surface area contributed by atoms with Crippen molar-refractivity contribution in [2.45, 2.75) is 176 Å². The molecule has 0 bridgehead atoms. The number of esters is 1. The first-order valence-corrected chi connectivity index (χ1v) is 28.7. The lowest BCUT2D eigenvalue weighted by atomic mass is 9.81.